The van der Waals surface area contributed by atoms with Gasteiger partial charge in [0.05, 0.1) is 6.08 Å². The van der Waals surface area contributed by atoms with Crippen LogP contribution in [0.15, 0.2) is 54.3 Å². The second-order valence-electron chi connectivity index (χ2n) is 4.08. The number of hydrogen-bond donors (Lipinski definition) is 1. The fraction of sp³-hybridized carbons (Fsp3) is 0.167. The highest BCUT2D eigenvalue weighted by molar-refractivity contribution is 5.51. The highest BCUT2D eigenvalue weighted by Gasteiger charge is 2.53. The first-order chi connectivity index (χ1) is 9.04. The minimum atomic E-state index is -2.25. The third-order valence-electron chi connectivity index (χ3n) is 2.85. The molecule has 0 radical (unpaired) electrons. The predicted molar refractivity (Wildman–Crippen MR) is 68.6 cm³/mol. The van der Waals surface area contributed by atoms with Crippen molar-refractivity contribution >= 4 is 5.69 Å². The molecule has 0 amide bonds. The van der Waals surface area contributed by atoms with Gasteiger partial charge in [0, 0.05) is 11.4 Å². The minimum Gasteiger partial charge on any atom is -0.356 e. The van der Waals surface area contributed by atoms with Gasteiger partial charge in [0.15, 0.2) is 0 Å². The zero-order chi connectivity index (χ0) is 13.9. The third kappa shape index (κ3) is 2.44. The van der Waals surface area contributed by atoms with Crippen molar-refractivity contribution in [2.24, 2.45) is 0 Å². The summed E-state index contributed by atoms with van der Waals surface area (Å²) >= 11 is 0. The summed E-state index contributed by atoms with van der Waals surface area (Å²) in [6.07, 6.45) is 3.55. The molecule has 0 unspecified atom stereocenters. The Morgan fingerprint density at radius 2 is 1.74 bits per heavy atom. The van der Waals surface area contributed by atoms with Crippen molar-refractivity contribution in [3.63, 3.8) is 0 Å². The van der Waals surface area contributed by atoms with Crippen LogP contribution in [0.1, 0.15) is 6.42 Å². The summed E-state index contributed by atoms with van der Waals surface area (Å²) in [4.78, 5) is 19.9. The molecule has 0 fully saturated rings. The molecule has 0 bridgehead atoms. The second kappa shape index (κ2) is 4.89. The van der Waals surface area contributed by atoms with Crippen LogP contribution in [0.4, 0.5) is 5.69 Å². The van der Waals surface area contributed by atoms with E-state index in [0.29, 0.717) is 5.70 Å². The maximum atomic E-state index is 10.8. The number of nitro groups is 2. The molecule has 1 aliphatic rings. The zero-order valence-electron chi connectivity index (χ0n) is 9.85. The smallest absolute Gasteiger partial charge is 0.356 e. The number of nitrogens with zero attached hydrogens (tertiary/aromatic N) is 2. The van der Waals surface area contributed by atoms with E-state index in [4.69, 9.17) is 0 Å². The van der Waals surface area contributed by atoms with Crippen molar-refractivity contribution in [3.8, 4) is 0 Å². The Labute approximate surface area is 108 Å². The molecule has 98 valence electrons. The van der Waals surface area contributed by atoms with E-state index in [1.165, 1.54) is 12.2 Å². The fourth-order valence-electron chi connectivity index (χ4n) is 1.74. The van der Waals surface area contributed by atoms with Gasteiger partial charge in [0.2, 0.25) is 0 Å². The predicted octanol–water partition coefficient (Wildman–Crippen LogP) is 2.19. The number of allylic oxidation sites excluding steroid dienone is 1. The lowest BCUT2D eigenvalue weighted by atomic mass is 10.0. The quantitative estimate of drug-likeness (QED) is 0.509. The van der Waals surface area contributed by atoms with Crippen LogP contribution < -0.4 is 5.32 Å². The Morgan fingerprint density at radius 1 is 1.11 bits per heavy atom. The number of benzene rings is 1. The van der Waals surface area contributed by atoms with Crippen LogP contribution in [-0.4, -0.2) is 15.5 Å². The SMILES string of the molecule is O=[N+]([O-])C1([N+](=O)[O-])C=CC(Nc2ccccc2)=CC1. The van der Waals surface area contributed by atoms with Crippen LogP contribution >= 0.6 is 0 Å². The summed E-state index contributed by atoms with van der Waals surface area (Å²) in [6.45, 7) is 0. The summed E-state index contributed by atoms with van der Waals surface area (Å²) < 4.78 is 0. The topological polar surface area (TPSA) is 98.3 Å². The molecule has 2 rings (SSSR count). The van der Waals surface area contributed by atoms with Gasteiger partial charge in [-0.3, -0.25) is 20.2 Å². The summed E-state index contributed by atoms with van der Waals surface area (Å²) in [5.74, 6) is 0. The second-order valence-corrected chi connectivity index (χ2v) is 4.08. The molecular formula is C12H11N3O4. The van der Waals surface area contributed by atoms with E-state index >= 15 is 0 Å². The molecule has 0 atom stereocenters. The van der Waals surface area contributed by atoms with E-state index in [1.807, 2.05) is 30.3 Å². The lowest BCUT2D eigenvalue weighted by Gasteiger charge is -2.17. The van der Waals surface area contributed by atoms with Crippen LogP contribution in [0.2, 0.25) is 0 Å². The lowest BCUT2D eigenvalue weighted by molar-refractivity contribution is -0.780. The molecule has 0 saturated heterocycles. The highest BCUT2D eigenvalue weighted by Crippen LogP contribution is 2.25. The standard InChI is InChI=1S/C12H11N3O4/c16-14(17)12(15(18)19)8-6-11(7-9-12)13-10-4-2-1-3-5-10/h1-8,13H,9H2. The maximum absolute atomic E-state index is 10.8. The van der Waals surface area contributed by atoms with E-state index in [-0.39, 0.29) is 6.42 Å². The molecular weight excluding hydrogens is 250 g/mol. The first-order valence-electron chi connectivity index (χ1n) is 5.55. The lowest BCUT2D eigenvalue weighted by Crippen LogP contribution is -2.45. The van der Waals surface area contributed by atoms with Gasteiger partial charge in [0.25, 0.3) is 0 Å². The van der Waals surface area contributed by atoms with Crippen LogP contribution in [0.5, 0.6) is 0 Å². The summed E-state index contributed by atoms with van der Waals surface area (Å²) in [7, 11) is 0. The number of rotatable bonds is 4. The maximum Gasteiger partial charge on any atom is 0.481 e. The minimum absolute atomic E-state index is 0.279. The van der Waals surface area contributed by atoms with Gasteiger partial charge < -0.3 is 5.32 Å². The normalized spacial score (nSPS) is 16.5. The van der Waals surface area contributed by atoms with Crippen molar-refractivity contribution in [2.75, 3.05) is 5.32 Å². The first-order valence-corrected chi connectivity index (χ1v) is 5.55. The van der Waals surface area contributed by atoms with Gasteiger partial charge in [-0.2, -0.15) is 0 Å². The Kier molecular flexibility index (Phi) is 3.28. The number of anilines is 1. The molecule has 0 saturated carbocycles. The average molecular weight is 261 g/mol. The van der Waals surface area contributed by atoms with Crippen LogP contribution in [0.3, 0.4) is 0 Å². The van der Waals surface area contributed by atoms with Crippen molar-refractivity contribution in [1.82, 2.24) is 0 Å². The van der Waals surface area contributed by atoms with Crippen molar-refractivity contribution in [1.29, 1.82) is 0 Å². The molecule has 19 heavy (non-hydrogen) atoms. The molecule has 1 aromatic carbocycles. The van der Waals surface area contributed by atoms with Crippen molar-refractivity contribution < 1.29 is 9.85 Å². The van der Waals surface area contributed by atoms with E-state index in [9.17, 15) is 20.2 Å². The van der Waals surface area contributed by atoms with Crippen LogP contribution in [0, 0.1) is 20.2 Å². The molecule has 0 aromatic heterocycles. The summed E-state index contributed by atoms with van der Waals surface area (Å²) in [5.41, 5.74) is -0.833. The van der Waals surface area contributed by atoms with Gasteiger partial charge in [-0.1, -0.05) is 18.2 Å². The number of para-hydroxylation sites is 1. The third-order valence-corrected chi connectivity index (χ3v) is 2.85. The van der Waals surface area contributed by atoms with Crippen molar-refractivity contribution in [3.05, 3.63) is 74.5 Å². The van der Waals surface area contributed by atoms with Crippen LogP contribution in [0.25, 0.3) is 0 Å². The molecule has 0 spiro atoms. The molecule has 1 aliphatic carbocycles. The van der Waals surface area contributed by atoms with Crippen LogP contribution in [-0.2, 0) is 0 Å². The molecule has 7 heteroatoms. The average Bonchev–Trinajstić information content (AvgIpc) is 2.40. The Morgan fingerprint density at radius 3 is 2.21 bits per heavy atom. The molecule has 1 aromatic rings. The molecule has 0 heterocycles. The van der Waals surface area contributed by atoms with E-state index in [1.54, 1.807) is 0 Å². The van der Waals surface area contributed by atoms with E-state index in [0.717, 1.165) is 11.8 Å². The van der Waals surface area contributed by atoms with E-state index < -0.39 is 15.5 Å². The summed E-state index contributed by atoms with van der Waals surface area (Å²) in [5, 5.41) is 24.7. The molecule has 1 N–H and O–H groups in total. The van der Waals surface area contributed by atoms with Crippen molar-refractivity contribution in [2.45, 2.75) is 12.1 Å². The van der Waals surface area contributed by atoms with Gasteiger partial charge >= 0.3 is 5.66 Å². The largest absolute Gasteiger partial charge is 0.481 e. The van der Waals surface area contributed by atoms with Gasteiger partial charge in [-0.05, 0) is 24.3 Å². The van der Waals surface area contributed by atoms with Gasteiger partial charge in [-0.15, -0.1) is 0 Å². The Bertz CT molecular complexity index is 552. The van der Waals surface area contributed by atoms with Gasteiger partial charge in [-0.25, -0.2) is 0 Å². The molecule has 7 nitrogen and oxygen atoms in total. The summed E-state index contributed by atoms with van der Waals surface area (Å²) in [6, 6.07) is 9.21. The number of nitrogens with one attached hydrogen (secondary N) is 1. The number of hydrogen-bond acceptors (Lipinski definition) is 5. The van der Waals surface area contributed by atoms with E-state index in [2.05, 4.69) is 5.32 Å². The van der Waals surface area contributed by atoms with Gasteiger partial charge in [0.1, 0.15) is 16.3 Å². The first kappa shape index (κ1) is 12.7. The Balaban J connectivity index is 2.15. The highest BCUT2D eigenvalue weighted by atomic mass is 16.7. The molecule has 0 aliphatic heterocycles. The fourth-order valence-corrected chi connectivity index (χ4v) is 1.74. The Hall–Kier alpha value is -2.70. The zero-order valence-corrected chi connectivity index (χ0v) is 9.85. The monoisotopic (exact) mass is 261 g/mol.